The molecular formula is C16H21BrO3S. The topological polar surface area (TPSA) is 27.7 Å². The molecule has 1 aromatic carbocycles. The van der Waals surface area contributed by atoms with E-state index in [0.717, 1.165) is 54.0 Å². The van der Waals surface area contributed by atoms with Crippen molar-refractivity contribution < 1.29 is 14.2 Å². The van der Waals surface area contributed by atoms with Gasteiger partial charge in [-0.2, -0.15) is 11.8 Å². The van der Waals surface area contributed by atoms with E-state index in [0.29, 0.717) is 0 Å². The minimum atomic E-state index is 0.0641. The quantitative estimate of drug-likeness (QED) is 0.745. The van der Waals surface area contributed by atoms with E-state index in [4.69, 9.17) is 14.2 Å². The Bertz CT molecular complexity index is 488. The highest BCUT2D eigenvalue weighted by Crippen LogP contribution is 2.39. The number of benzene rings is 1. The number of thioether (sulfide) groups is 1. The first-order valence-electron chi connectivity index (χ1n) is 7.36. The lowest BCUT2D eigenvalue weighted by Crippen LogP contribution is -2.43. The molecule has 0 radical (unpaired) electrons. The number of hydrogen-bond donors (Lipinski definition) is 0. The van der Waals surface area contributed by atoms with E-state index >= 15 is 0 Å². The molecule has 0 amide bonds. The predicted molar refractivity (Wildman–Crippen MR) is 89.9 cm³/mol. The summed E-state index contributed by atoms with van der Waals surface area (Å²) in [6.45, 7) is 0.811. The molecule has 2 aliphatic heterocycles. The van der Waals surface area contributed by atoms with Crippen LogP contribution in [0.15, 0.2) is 18.2 Å². The molecule has 2 atom stereocenters. The zero-order valence-corrected chi connectivity index (χ0v) is 14.7. The van der Waals surface area contributed by atoms with Crippen LogP contribution in [-0.2, 0) is 10.1 Å². The average Bonchev–Trinajstić information content (AvgIpc) is 2.95. The maximum Gasteiger partial charge on any atom is 0.124 e. The van der Waals surface area contributed by atoms with E-state index in [1.807, 2.05) is 30.0 Å². The monoisotopic (exact) mass is 372 g/mol. The van der Waals surface area contributed by atoms with Crippen molar-refractivity contribution in [3.63, 3.8) is 0 Å². The van der Waals surface area contributed by atoms with Gasteiger partial charge in [-0.3, -0.25) is 0 Å². The summed E-state index contributed by atoms with van der Waals surface area (Å²) in [6.07, 6.45) is 3.39. The van der Waals surface area contributed by atoms with Crippen LogP contribution in [0.2, 0.25) is 0 Å². The van der Waals surface area contributed by atoms with Crippen LogP contribution in [0.1, 0.15) is 24.8 Å². The minimum Gasteiger partial charge on any atom is -0.497 e. The van der Waals surface area contributed by atoms with Crippen LogP contribution >= 0.6 is 27.7 Å². The van der Waals surface area contributed by atoms with E-state index in [1.165, 1.54) is 5.75 Å². The fraction of sp³-hybridized carbons (Fsp3) is 0.625. The molecule has 0 bridgehead atoms. The molecule has 1 aromatic rings. The molecule has 5 heteroatoms. The maximum absolute atomic E-state index is 6.29. The van der Waals surface area contributed by atoms with Gasteiger partial charge >= 0.3 is 0 Å². The van der Waals surface area contributed by atoms with Crippen molar-refractivity contribution in [3.8, 4) is 11.5 Å². The standard InChI is InChI=1S/C16H21BrO3S/c1-18-13-2-3-15(12(8-13)10-17)20-14-4-6-19-16(9-14)5-7-21-11-16/h2-3,8,14H,4-7,9-11H2,1H3. The molecule has 2 fully saturated rings. The van der Waals surface area contributed by atoms with Crippen molar-refractivity contribution in [3.05, 3.63) is 23.8 Å². The Morgan fingerprint density at radius 2 is 2.38 bits per heavy atom. The molecule has 2 saturated heterocycles. The van der Waals surface area contributed by atoms with Crippen LogP contribution in [0.25, 0.3) is 0 Å². The summed E-state index contributed by atoms with van der Waals surface area (Å²) in [6, 6.07) is 6.01. The van der Waals surface area contributed by atoms with Crippen LogP contribution in [0, 0.1) is 0 Å². The second-order valence-corrected chi connectivity index (χ2v) is 7.34. The summed E-state index contributed by atoms with van der Waals surface area (Å²) in [4.78, 5) is 0. The number of methoxy groups -OCH3 is 1. The Kier molecular flexibility index (Phi) is 5.02. The third kappa shape index (κ3) is 3.51. The summed E-state index contributed by atoms with van der Waals surface area (Å²) in [7, 11) is 1.69. The van der Waals surface area contributed by atoms with Gasteiger partial charge < -0.3 is 14.2 Å². The SMILES string of the molecule is COc1ccc(OC2CCOC3(CCSC3)C2)c(CBr)c1. The van der Waals surface area contributed by atoms with Gasteiger partial charge in [0.05, 0.1) is 19.3 Å². The summed E-state index contributed by atoms with van der Waals surface area (Å²) in [5.41, 5.74) is 1.20. The second kappa shape index (κ2) is 6.80. The van der Waals surface area contributed by atoms with Crippen LogP contribution in [0.3, 0.4) is 0 Å². The number of rotatable bonds is 4. The van der Waals surface area contributed by atoms with Gasteiger partial charge in [-0.05, 0) is 30.4 Å². The lowest BCUT2D eigenvalue weighted by Gasteiger charge is -2.37. The first-order valence-corrected chi connectivity index (χ1v) is 9.63. The van der Waals surface area contributed by atoms with Gasteiger partial charge in [0.25, 0.3) is 0 Å². The molecule has 0 aromatic heterocycles. The third-order valence-corrected chi connectivity index (χ3v) is 6.05. The van der Waals surface area contributed by atoms with Gasteiger partial charge in [0.1, 0.15) is 17.6 Å². The van der Waals surface area contributed by atoms with Crippen molar-refractivity contribution in [2.75, 3.05) is 25.2 Å². The first kappa shape index (κ1) is 15.5. The molecule has 0 aliphatic carbocycles. The molecule has 116 valence electrons. The lowest BCUT2D eigenvalue weighted by molar-refractivity contribution is -0.0960. The van der Waals surface area contributed by atoms with Crippen molar-refractivity contribution in [2.45, 2.75) is 36.3 Å². The van der Waals surface area contributed by atoms with E-state index in [2.05, 4.69) is 15.9 Å². The smallest absolute Gasteiger partial charge is 0.124 e. The van der Waals surface area contributed by atoms with Crippen molar-refractivity contribution in [2.24, 2.45) is 0 Å². The molecule has 3 rings (SSSR count). The van der Waals surface area contributed by atoms with Gasteiger partial charge in [-0.1, -0.05) is 15.9 Å². The summed E-state index contributed by atoms with van der Waals surface area (Å²) < 4.78 is 17.6. The number of ether oxygens (including phenoxy) is 3. The summed E-state index contributed by atoms with van der Waals surface area (Å²) >= 11 is 5.53. The number of alkyl halides is 1. The first-order chi connectivity index (χ1) is 10.2. The Morgan fingerprint density at radius 1 is 1.48 bits per heavy atom. The van der Waals surface area contributed by atoms with Gasteiger partial charge in [-0.15, -0.1) is 0 Å². The number of hydrogen-bond acceptors (Lipinski definition) is 4. The van der Waals surface area contributed by atoms with E-state index in [1.54, 1.807) is 7.11 Å². The maximum atomic E-state index is 6.29. The Hall–Kier alpha value is -0.390. The zero-order chi connectivity index (χ0) is 14.7. The predicted octanol–water partition coefficient (Wildman–Crippen LogP) is 4.02. The van der Waals surface area contributed by atoms with Crippen molar-refractivity contribution >= 4 is 27.7 Å². The van der Waals surface area contributed by atoms with E-state index in [-0.39, 0.29) is 11.7 Å². The van der Waals surface area contributed by atoms with Crippen LogP contribution in [0.4, 0.5) is 0 Å². The molecule has 2 unspecified atom stereocenters. The van der Waals surface area contributed by atoms with Gasteiger partial charge in [-0.25, -0.2) is 0 Å². The highest BCUT2D eigenvalue weighted by atomic mass is 79.9. The third-order valence-electron chi connectivity index (χ3n) is 4.22. The largest absolute Gasteiger partial charge is 0.497 e. The molecular weight excluding hydrogens is 352 g/mol. The molecule has 1 spiro atoms. The lowest BCUT2D eigenvalue weighted by atomic mass is 9.91. The van der Waals surface area contributed by atoms with Crippen molar-refractivity contribution in [1.29, 1.82) is 0 Å². The fourth-order valence-electron chi connectivity index (χ4n) is 3.03. The van der Waals surface area contributed by atoms with Gasteiger partial charge in [0.2, 0.25) is 0 Å². The van der Waals surface area contributed by atoms with Gasteiger partial charge in [0, 0.05) is 29.5 Å². The average molecular weight is 373 g/mol. The number of halogens is 1. The van der Waals surface area contributed by atoms with Crippen LogP contribution < -0.4 is 9.47 Å². The molecule has 2 aliphatic rings. The molecule has 21 heavy (non-hydrogen) atoms. The van der Waals surface area contributed by atoms with E-state index in [9.17, 15) is 0 Å². The zero-order valence-electron chi connectivity index (χ0n) is 12.3. The Labute approximate surface area is 138 Å². The second-order valence-electron chi connectivity index (χ2n) is 5.67. The Morgan fingerprint density at radius 3 is 3.10 bits per heavy atom. The fourth-order valence-corrected chi connectivity index (χ4v) is 4.84. The normalized spacial score (nSPS) is 28.8. The minimum absolute atomic E-state index is 0.0641. The highest BCUT2D eigenvalue weighted by Gasteiger charge is 2.41. The summed E-state index contributed by atoms with van der Waals surface area (Å²) in [5, 5.41) is 0.768. The van der Waals surface area contributed by atoms with Crippen LogP contribution in [-0.4, -0.2) is 36.9 Å². The highest BCUT2D eigenvalue weighted by molar-refractivity contribution is 9.08. The van der Waals surface area contributed by atoms with E-state index < -0.39 is 0 Å². The molecule has 0 saturated carbocycles. The molecule has 3 nitrogen and oxygen atoms in total. The molecule has 0 N–H and O–H groups in total. The van der Waals surface area contributed by atoms with Crippen LogP contribution in [0.5, 0.6) is 11.5 Å². The van der Waals surface area contributed by atoms with Gasteiger partial charge in [0.15, 0.2) is 0 Å². The van der Waals surface area contributed by atoms with Crippen molar-refractivity contribution in [1.82, 2.24) is 0 Å². The summed E-state index contributed by atoms with van der Waals surface area (Å²) in [5.74, 6) is 4.15. The molecule has 2 heterocycles. The Balaban J connectivity index is 1.71.